The Morgan fingerprint density at radius 1 is 1.57 bits per heavy atom. The van der Waals surface area contributed by atoms with Gasteiger partial charge in [0.15, 0.2) is 0 Å². The molecule has 0 aromatic heterocycles. The van der Waals surface area contributed by atoms with Gasteiger partial charge in [-0.1, -0.05) is 6.92 Å². The van der Waals surface area contributed by atoms with Gasteiger partial charge in [0.25, 0.3) is 0 Å². The fourth-order valence-corrected chi connectivity index (χ4v) is 1.73. The summed E-state index contributed by atoms with van der Waals surface area (Å²) in [5, 5.41) is 4.08. The van der Waals surface area contributed by atoms with Crippen LogP contribution in [0.3, 0.4) is 0 Å². The molecule has 5 heteroatoms. The summed E-state index contributed by atoms with van der Waals surface area (Å²) in [5.74, 6) is 0. The molecule has 14 heavy (non-hydrogen) atoms. The first kappa shape index (κ1) is 14.2. The molecule has 0 unspecified atom stereocenters. The quantitative estimate of drug-likeness (QED) is 0.630. The molecule has 1 saturated heterocycles. The van der Waals surface area contributed by atoms with E-state index in [1.807, 2.05) is 0 Å². The second-order valence-electron chi connectivity index (χ2n) is 3.44. The number of hydrogen-bond acceptors (Lipinski definition) is 3. The number of nitrogens with zero attached hydrogens (tertiary/aromatic N) is 2. The van der Waals surface area contributed by atoms with E-state index in [1.54, 1.807) is 7.05 Å². The fourth-order valence-electron chi connectivity index (χ4n) is 1.73. The van der Waals surface area contributed by atoms with E-state index in [4.69, 9.17) is 4.74 Å². The van der Waals surface area contributed by atoms with E-state index in [1.165, 1.54) is 0 Å². The minimum atomic E-state index is -0.175. The van der Waals surface area contributed by atoms with Crippen molar-refractivity contribution in [2.45, 2.75) is 12.5 Å². The average molecular weight is 371 g/mol. The van der Waals surface area contributed by atoms with Gasteiger partial charge in [0.1, 0.15) is 12.9 Å². The van der Waals surface area contributed by atoms with E-state index < -0.39 is 0 Å². The molecule has 0 aromatic carbocycles. The summed E-state index contributed by atoms with van der Waals surface area (Å²) in [4.78, 5) is 12.5. The maximum absolute atomic E-state index is 10.2. The van der Waals surface area contributed by atoms with Gasteiger partial charge in [-0.15, -0.1) is 6.54 Å². The largest absolute Gasteiger partial charge is 0.663 e. The molecule has 0 saturated carbocycles. The van der Waals surface area contributed by atoms with Gasteiger partial charge in [-0.2, -0.15) is 7.05 Å². The predicted octanol–water partition coefficient (Wildman–Crippen LogP) is 0.277. The molecule has 1 aliphatic rings. The third kappa shape index (κ3) is 3.41. The zero-order valence-corrected chi connectivity index (χ0v) is 11.4. The summed E-state index contributed by atoms with van der Waals surface area (Å²) in [6.45, 7) is 5.83. The van der Waals surface area contributed by atoms with Crippen LogP contribution in [-0.4, -0.2) is 56.6 Å². The zero-order chi connectivity index (χ0) is 9.73. The Balaban J connectivity index is 0.00000169. The van der Waals surface area contributed by atoms with Crippen LogP contribution in [0.1, 0.15) is 6.92 Å². The molecule has 0 aromatic rings. The Morgan fingerprint density at radius 3 is 2.64 bits per heavy atom. The van der Waals surface area contributed by atoms with E-state index in [0.717, 1.165) is 25.9 Å². The number of rotatable bonds is 6. The van der Waals surface area contributed by atoms with Crippen molar-refractivity contribution in [3.63, 3.8) is 0 Å². The van der Waals surface area contributed by atoms with E-state index in [9.17, 15) is 4.79 Å². The van der Waals surface area contributed by atoms with Gasteiger partial charge >= 0.3 is 0 Å². The van der Waals surface area contributed by atoms with Crippen LogP contribution in [0, 0.1) is 0 Å². The number of likely N-dealkylation sites (N-methyl/N-ethyl adjacent to an activating group) is 2. The van der Waals surface area contributed by atoms with Crippen LogP contribution in [0.25, 0.3) is 5.32 Å². The number of ether oxygens (including phenoxy) is 1. The minimum Gasteiger partial charge on any atom is -0.663 e. The summed E-state index contributed by atoms with van der Waals surface area (Å²) in [6, 6.07) is 0. The van der Waals surface area contributed by atoms with Gasteiger partial charge in [-0.25, -0.2) is 0 Å². The van der Waals surface area contributed by atoms with Crippen LogP contribution >= 0.6 is 0 Å². The Kier molecular flexibility index (Phi) is 6.75. The molecule has 83 valence electrons. The number of carbonyl (C=O) groups is 1. The van der Waals surface area contributed by atoms with E-state index in [0.29, 0.717) is 6.54 Å². The van der Waals surface area contributed by atoms with Crippen LogP contribution in [0.4, 0.5) is 0 Å². The molecule has 0 amide bonds. The molecule has 1 fully saturated rings. The second-order valence-corrected chi connectivity index (χ2v) is 3.44. The van der Waals surface area contributed by atoms with Crippen molar-refractivity contribution in [3.05, 3.63) is 5.32 Å². The van der Waals surface area contributed by atoms with Gasteiger partial charge < -0.3 is 14.8 Å². The number of likely N-dealkylation sites (tertiary alicyclic amines) is 1. The normalized spacial score (nSPS) is 19.6. The van der Waals surface area contributed by atoms with Crippen molar-refractivity contribution in [1.29, 1.82) is 0 Å². The van der Waals surface area contributed by atoms with Gasteiger partial charge in [0, 0.05) is 33.5 Å². The van der Waals surface area contributed by atoms with Crippen molar-refractivity contribution >= 4 is 6.29 Å². The van der Waals surface area contributed by atoms with Crippen LogP contribution in [0.2, 0.25) is 0 Å². The molecule has 1 radical (unpaired) electrons. The summed E-state index contributed by atoms with van der Waals surface area (Å²) in [6.07, 6.45) is 0.798. The van der Waals surface area contributed by atoms with Crippen molar-refractivity contribution in [2.75, 3.05) is 39.8 Å². The second kappa shape index (κ2) is 6.65. The topological polar surface area (TPSA) is 43.6 Å². The number of aldehydes is 1. The van der Waals surface area contributed by atoms with Crippen molar-refractivity contribution in [2.24, 2.45) is 0 Å². The van der Waals surface area contributed by atoms with E-state index >= 15 is 0 Å². The maximum Gasteiger partial charge on any atom is 0.145 e. The Bertz CT molecular complexity index is 172. The van der Waals surface area contributed by atoms with Crippen LogP contribution in [0.15, 0.2) is 0 Å². The van der Waals surface area contributed by atoms with Crippen molar-refractivity contribution in [1.82, 2.24) is 4.90 Å². The van der Waals surface area contributed by atoms with Crippen LogP contribution in [-0.2, 0) is 30.0 Å². The number of hydrogen-bond donors (Lipinski definition) is 0. The predicted molar refractivity (Wildman–Crippen MR) is 51.0 cm³/mol. The minimum absolute atomic E-state index is 0. The first-order valence-electron chi connectivity index (χ1n) is 4.62. The molecule has 4 nitrogen and oxygen atoms in total. The van der Waals surface area contributed by atoms with E-state index in [2.05, 4.69) is 17.1 Å². The van der Waals surface area contributed by atoms with Gasteiger partial charge in [0.2, 0.25) is 0 Å². The molecule has 0 spiro atoms. The first-order chi connectivity index (χ1) is 6.26. The molecular weight excluding hydrogens is 354 g/mol. The van der Waals surface area contributed by atoms with Gasteiger partial charge in [-0.05, 0) is 6.54 Å². The maximum atomic E-state index is 10.2. The van der Waals surface area contributed by atoms with Gasteiger partial charge in [-0.3, -0.25) is 4.90 Å². The van der Waals surface area contributed by atoms with Gasteiger partial charge in [0.05, 0.1) is 5.60 Å². The summed E-state index contributed by atoms with van der Waals surface area (Å²) >= 11 is 0. The summed E-state index contributed by atoms with van der Waals surface area (Å²) < 4.78 is 5.48. The SMILES string of the molecule is CCN1CC(C[N-]C)(OCC=O)C1.[Re]. The third-order valence-electron chi connectivity index (χ3n) is 2.37. The number of carbonyl (C=O) groups excluding carboxylic acids is 1. The van der Waals surface area contributed by atoms with Crippen molar-refractivity contribution < 1.29 is 30.0 Å². The summed E-state index contributed by atoms with van der Waals surface area (Å²) in [7, 11) is 1.78. The molecule has 1 heterocycles. The first-order valence-corrected chi connectivity index (χ1v) is 4.62. The van der Waals surface area contributed by atoms with Crippen LogP contribution in [0.5, 0.6) is 0 Å². The van der Waals surface area contributed by atoms with Crippen LogP contribution < -0.4 is 0 Å². The molecule has 0 aliphatic carbocycles. The average Bonchev–Trinajstić information content (AvgIpc) is 2.08. The Hall–Kier alpha value is 0.212. The molecule has 0 bridgehead atoms. The van der Waals surface area contributed by atoms with Crippen molar-refractivity contribution in [3.8, 4) is 0 Å². The molecule has 0 N–H and O–H groups in total. The summed E-state index contributed by atoms with van der Waals surface area (Å²) in [5.41, 5.74) is -0.175. The zero-order valence-electron chi connectivity index (χ0n) is 8.70. The fraction of sp³-hybridized carbons (Fsp3) is 0.889. The molecule has 1 aliphatic heterocycles. The molecule has 0 atom stereocenters. The standard InChI is InChI=1S/C9H17N2O2.Re/c1-3-11-7-9(8-11,6-10-2)13-5-4-12;/h4H,3,5-8H2,1-2H3;/q-1;. The smallest absolute Gasteiger partial charge is 0.145 e. The van der Waals surface area contributed by atoms with E-state index in [-0.39, 0.29) is 32.6 Å². The monoisotopic (exact) mass is 372 g/mol. The Morgan fingerprint density at radius 2 is 2.21 bits per heavy atom. The molecule has 1 rings (SSSR count). The Labute approximate surface area is 99.0 Å². The third-order valence-corrected chi connectivity index (χ3v) is 2.37. The molecular formula is C9H17N2O2Re-.